The first-order chi connectivity index (χ1) is 14.6. The zero-order chi connectivity index (χ0) is 20.9. The molecule has 0 spiro atoms. The third-order valence-electron chi connectivity index (χ3n) is 4.81. The predicted octanol–water partition coefficient (Wildman–Crippen LogP) is 5.37. The lowest BCUT2D eigenvalue weighted by molar-refractivity contribution is 0.102. The van der Waals surface area contributed by atoms with E-state index in [1.165, 1.54) is 0 Å². The standard InChI is InChI=1S/C24H21N3O2S/c1-16-9-10-19(26-24(28)20-7-3-4-8-22(20)29-2)12-18(16)13-23-27-21(15-30-23)17-6-5-11-25-14-17/h3-12,14-15H,13H2,1-2H3,(H,26,28). The summed E-state index contributed by atoms with van der Waals surface area (Å²) in [5.74, 6) is 0.350. The molecule has 0 saturated heterocycles. The summed E-state index contributed by atoms with van der Waals surface area (Å²) in [6.07, 6.45) is 4.28. The van der Waals surface area contributed by atoms with Gasteiger partial charge in [0.2, 0.25) is 0 Å². The number of amides is 1. The van der Waals surface area contributed by atoms with Crippen LogP contribution in [-0.4, -0.2) is 23.0 Å². The molecule has 0 unspecified atom stereocenters. The first kappa shape index (κ1) is 19.8. The maximum Gasteiger partial charge on any atom is 0.259 e. The van der Waals surface area contributed by atoms with E-state index in [9.17, 15) is 4.79 Å². The molecule has 0 bridgehead atoms. The second-order valence-electron chi connectivity index (χ2n) is 6.84. The summed E-state index contributed by atoms with van der Waals surface area (Å²) >= 11 is 1.63. The van der Waals surface area contributed by atoms with Crippen LogP contribution in [0.3, 0.4) is 0 Å². The van der Waals surface area contributed by atoms with Gasteiger partial charge in [0, 0.05) is 35.4 Å². The van der Waals surface area contributed by atoms with E-state index in [2.05, 4.69) is 22.6 Å². The molecular formula is C24H21N3O2S. The normalized spacial score (nSPS) is 10.6. The molecule has 0 aliphatic heterocycles. The molecule has 0 fully saturated rings. The van der Waals surface area contributed by atoms with E-state index >= 15 is 0 Å². The van der Waals surface area contributed by atoms with Gasteiger partial charge in [-0.1, -0.05) is 18.2 Å². The van der Waals surface area contributed by atoms with Gasteiger partial charge in [-0.15, -0.1) is 11.3 Å². The highest BCUT2D eigenvalue weighted by atomic mass is 32.1. The first-order valence-corrected chi connectivity index (χ1v) is 10.4. The van der Waals surface area contributed by atoms with E-state index in [0.29, 0.717) is 17.7 Å². The fourth-order valence-electron chi connectivity index (χ4n) is 3.17. The molecule has 4 aromatic rings. The number of aryl methyl sites for hydroxylation is 1. The van der Waals surface area contributed by atoms with E-state index < -0.39 is 0 Å². The van der Waals surface area contributed by atoms with Crippen LogP contribution in [-0.2, 0) is 6.42 Å². The summed E-state index contributed by atoms with van der Waals surface area (Å²) in [4.78, 5) is 21.6. The Morgan fingerprint density at radius 1 is 1.13 bits per heavy atom. The van der Waals surface area contributed by atoms with Gasteiger partial charge < -0.3 is 10.1 Å². The molecule has 1 N–H and O–H groups in total. The van der Waals surface area contributed by atoms with Gasteiger partial charge in [-0.05, 0) is 54.4 Å². The average molecular weight is 416 g/mol. The molecule has 2 heterocycles. The van der Waals surface area contributed by atoms with E-state index in [1.807, 2.05) is 48.7 Å². The van der Waals surface area contributed by atoms with Crippen LogP contribution in [0.4, 0.5) is 5.69 Å². The van der Waals surface area contributed by atoms with Crippen molar-refractivity contribution in [2.24, 2.45) is 0 Å². The first-order valence-electron chi connectivity index (χ1n) is 9.53. The topological polar surface area (TPSA) is 64.1 Å². The number of thiazole rings is 1. The summed E-state index contributed by atoms with van der Waals surface area (Å²) in [6, 6.07) is 17.0. The molecular weight excluding hydrogens is 394 g/mol. The highest BCUT2D eigenvalue weighted by molar-refractivity contribution is 7.10. The molecule has 0 saturated carbocycles. The number of rotatable bonds is 6. The van der Waals surface area contributed by atoms with Gasteiger partial charge in [-0.2, -0.15) is 0 Å². The van der Waals surface area contributed by atoms with Crippen LogP contribution >= 0.6 is 11.3 Å². The minimum absolute atomic E-state index is 0.199. The molecule has 0 aliphatic carbocycles. The van der Waals surface area contributed by atoms with Crippen LogP contribution in [0.15, 0.2) is 72.4 Å². The van der Waals surface area contributed by atoms with Gasteiger partial charge in [0.25, 0.3) is 5.91 Å². The number of aromatic nitrogens is 2. The Morgan fingerprint density at radius 3 is 2.80 bits per heavy atom. The lowest BCUT2D eigenvalue weighted by Crippen LogP contribution is -2.13. The Hall–Kier alpha value is -3.51. The van der Waals surface area contributed by atoms with Gasteiger partial charge in [0.1, 0.15) is 5.75 Å². The Morgan fingerprint density at radius 2 is 2.00 bits per heavy atom. The van der Waals surface area contributed by atoms with Crippen molar-refractivity contribution < 1.29 is 9.53 Å². The zero-order valence-electron chi connectivity index (χ0n) is 16.8. The Kier molecular flexibility index (Phi) is 5.86. The number of methoxy groups -OCH3 is 1. The molecule has 0 aliphatic rings. The molecule has 2 aromatic carbocycles. The van der Waals surface area contributed by atoms with E-state index in [0.717, 1.165) is 33.1 Å². The van der Waals surface area contributed by atoms with Crippen molar-refractivity contribution in [2.75, 3.05) is 12.4 Å². The molecule has 0 radical (unpaired) electrons. The number of hydrogen-bond donors (Lipinski definition) is 1. The lowest BCUT2D eigenvalue weighted by atomic mass is 10.0. The second-order valence-corrected chi connectivity index (χ2v) is 7.78. The van der Waals surface area contributed by atoms with Crippen molar-refractivity contribution in [1.82, 2.24) is 9.97 Å². The quantitative estimate of drug-likeness (QED) is 0.460. The summed E-state index contributed by atoms with van der Waals surface area (Å²) in [7, 11) is 1.56. The minimum Gasteiger partial charge on any atom is -0.496 e. The van der Waals surface area contributed by atoms with Crippen LogP contribution in [0.1, 0.15) is 26.5 Å². The van der Waals surface area contributed by atoms with Crippen LogP contribution in [0.2, 0.25) is 0 Å². The molecule has 30 heavy (non-hydrogen) atoms. The fraction of sp³-hybridized carbons (Fsp3) is 0.125. The fourth-order valence-corrected chi connectivity index (χ4v) is 4.00. The molecule has 0 atom stereocenters. The van der Waals surface area contributed by atoms with Crippen LogP contribution in [0, 0.1) is 6.92 Å². The predicted molar refractivity (Wildman–Crippen MR) is 120 cm³/mol. The average Bonchev–Trinajstić information content (AvgIpc) is 3.25. The Balaban J connectivity index is 1.53. The van der Waals surface area contributed by atoms with Gasteiger partial charge in [0.05, 0.1) is 23.4 Å². The van der Waals surface area contributed by atoms with Crippen LogP contribution in [0.25, 0.3) is 11.3 Å². The van der Waals surface area contributed by atoms with E-state index in [-0.39, 0.29) is 5.91 Å². The number of carbonyl (C=O) groups excluding carboxylic acids is 1. The van der Waals surface area contributed by atoms with Crippen LogP contribution < -0.4 is 10.1 Å². The number of pyridine rings is 1. The van der Waals surface area contributed by atoms with Crippen LogP contribution in [0.5, 0.6) is 5.75 Å². The second kappa shape index (κ2) is 8.88. The van der Waals surface area contributed by atoms with Crippen molar-refractivity contribution in [1.29, 1.82) is 0 Å². The number of hydrogen-bond acceptors (Lipinski definition) is 5. The highest BCUT2D eigenvalue weighted by Gasteiger charge is 2.13. The maximum absolute atomic E-state index is 12.7. The van der Waals surface area contributed by atoms with Crippen molar-refractivity contribution in [3.63, 3.8) is 0 Å². The molecule has 1 amide bonds. The van der Waals surface area contributed by atoms with E-state index in [4.69, 9.17) is 9.72 Å². The third kappa shape index (κ3) is 4.39. The molecule has 5 nitrogen and oxygen atoms in total. The van der Waals surface area contributed by atoms with Gasteiger partial charge in [-0.25, -0.2) is 4.98 Å². The van der Waals surface area contributed by atoms with Gasteiger partial charge in [0.15, 0.2) is 0 Å². The Bertz CT molecular complexity index is 1170. The number of anilines is 1. The maximum atomic E-state index is 12.7. The molecule has 150 valence electrons. The lowest BCUT2D eigenvalue weighted by Gasteiger charge is -2.11. The summed E-state index contributed by atoms with van der Waals surface area (Å²) in [5.41, 5.74) is 5.47. The summed E-state index contributed by atoms with van der Waals surface area (Å²) < 4.78 is 5.29. The van der Waals surface area contributed by atoms with Crippen molar-refractivity contribution in [3.05, 3.63) is 94.1 Å². The van der Waals surface area contributed by atoms with Crippen molar-refractivity contribution in [2.45, 2.75) is 13.3 Å². The largest absolute Gasteiger partial charge is 0.496 e. The highest BCUT2D eigenvalue weighted by Crippen LogP contribution is 2.26. The summed E-state index contributed by atoms with van der Waals surface area (Å²) in [6.45, 7) is 2.07. The molecule has 2 aromatic heterocycles. The molecule has 6 heteroatoms. The smallest absolute Gasteiger partial charge is 0.259 e. The monoisotopic (exact) mass is 415 g/mol. The van der Waals surface area contributed by atoms with Crippen molar-refractivity contribution >= 4 is 22.9 Å². The van der Waals surface area contributed by atoms with Gasteiger partial charge in [-0.3, -0.25) is 9.78 Å². The number of benzene rings is 2. The van der Waals surface area contributed by atoms with E-state index in [1.54, 1.807) is 36.8 Å². The van der Waals surface area contributed by atoms with Crippen molar-refractivity contribution in [3.8, 4) is 17.0 Å². The SMILES string of the molecule is COc1ccccc1C(=O)Nc1ccc(C)c(Cc2nc(-c3cccnc3)cs2)c1. The minimum atomic E-state index is -0.199. The molecule has 4 rings (SSSR count). The number of para-hydroxylation sites is 1. The third-order valence-corrected chi connectivity index (χ3v) is 5.66. The zero-order valence-corrected chi connectivity index (χ0v) is 17.6. The summed E-state index contributed by atoms with van der Waals surface area (Å²) in [5, 5.41) is 6.04. The number of ether oxygens (including phenoxy) is 1. The number of carbonyl (C=O) groups is 1. The van der Waals surface area contributed by atoms with Gasteiger partial charge >= 0.3 is 0 Å². The number of nitrogens with one attached hydrogen (secondary N) is 1. The Labute approximate surface area is 179 Å². The number of nitrogens with zero attached hydrogens (tertiary/aromatic N) is 2.